The van der Waals surface area contributed by atoms with Gasteiger partial charge in [0.05, 0.1) is 27.8 Å². The third-order valence-corrected chi connectivity index (χ3v) is 28.6. The SMILES string of the molecule is CCc1cc[n+](C)c(-c2c(C)ccc3c2oc2nc(C4CCCC4)ccc23)c1.CCc1cc[n+](C)c(-c2c(C)ccc3c2oc2nc(C4CCCCC4)ccc23)c1.CCc1ccc2c(n1)oc1c(-c3cc(C(C)C)cc[n+]3C)c(C)ccc12.Cc1ccc2c(n1)oc1c(-c3cc(C(C)C)cc[n+]3C)c(C)ccc12.Cc1ccc2c(oc3nc(C(C)C)ccc32)c1-c1cc(C(C)C)cc[n+]1C. The molecule has 2 aliphatic carbocycles. The van der Waals surface area contributed by atoms with Crippen LogP contribution in [0.3, 0.4) is 0 Å². The van der Waals surface area contributed by atoms with E-state index in [1.54, 1.807) is 0 Å². The Morgan fingerprint density at radius 2 is 0.556 bits per heavy atom. The molecule has 0 bridgehead atoms. The van der Waals surface area contributed by atoms with Gasteiger partial charge in [0, 0.05) is 155 Å². The monoisotopic (exact) mass is 1790 g/mol. The van der Waals surface area contributed by atoms with Crippen LogP contribution in [0, 0.1) is 41.5 Å². The summed E-state index contributed by atoms with van der Waals surface area (Å²) in [6.07, 6.45) is 25.3. The Bertz CT molecular complexity index is 7910. The van der Waals surface area contributed by atoms with Gasteiger partial charge in [-0.3, -0.25) is 0 Å². The first-order valence-corrected chi connectivity index (χ1v) is 49.2. The highest BCUT2D eigenvalue weighted by Gasteiger charge is 2.31. The van der Waals surface area contributed by atoms with Crippen molar-refractivity contribution in [1.29, 1.82) is 0 Å². The van der Waals surface area contributed by atoms with Gasteiger partial charge in [-0.15, -0.1) is 0 Å². The Hall–Kier alpha value is -13.4. The molecule has 20 aromatic rings. The molecule has 0 atom stereocenters. The first kappa shape index (κ1) is 92.1. The minimum atomic E-state index is 0.379. The average molecular weight is 1790 g/mol. The van der Waals surface area contributed by atoms with E-state index < -0.39 is 0 Å². The minimum absolute atomic E-state index is 0.379. The second-order valence-electron chi connectivity index (χ2n) is 39.3. The number of hydrogen-bond acceptors (Lipinski definition) is 10. The van der Waals surface area contributed by atoms with E-state index in [2.05, 4.69) is 381 Å². The van der Waals surface area contributed by atoms with E-state index in [-0.39, 0.29) is 0 Å². The van der Waals surface area contributed by atoms with Crippen LogP contribution in [0.4, 0.5) is 0 Å². The first-order valence-electron chi connectivity index (χ1n) is 49.2. The van der Waals surface area contributed by atoms with Crippen molar-refractivity contribution in [3.05, 3.63) is 297 Å². The largest absolute Gasteiger partial charge is 0.437 e. The van der Waals surface area contributed by atoms with Gasteiger partial charge >= 0.3 is 0 Å². The number of rotatable bonds is 14. The molecule has 15 nitrogen and oxygen atoms in total. The molecule has 135 heavy (non-hydrogen) atoms. The normalized spacial score (nSPS) is 13.3. The van der Waals surface area contributed by atoms with Crippen LogP contribution in [0.2, 0.25) is 0 Å². The van der Waals surface area contributed by atoms with Crippen LogP contribution in [0.1, 0.15) is 254 Å². The van der Waals surface area contributed by atoms with Crippen molar-refractivity contribution in [2.75, 3.05) is 0 Å². The van der Waals surface area contributed by atoms with Gasteiger partial charge < -0.3 is 22.1 Å². The fourth-order valence-corrected chi connectivity index (χ4v) is 20.2. The molecule has 0 amide bonds. The fraction of sp³-hybridized carbons (Fsp3) is 0.333. The summed E-state index contributed by atoms with van der Waals surface area (Å²) in [7, 11) is 10.5. The number of fused-ring (bicyclic) bond motifs is 15. The van der Waals surface area contributed by atoms with Crippen molar-refractivity contribution < 1.29 is 44.9 Å². The first-order chi connectivity index (χ1) is 65.1. The van der Waals surface area contributed by atoms with Crippen LogP contribution in [-0.4, -0.2) is 24.9 Å². The molecule has 2 saturated carbocycles. The van der Waals surface area contributed by atoms with E-state index in [1.807, 2.05) is 13.0 Å². The summed E-state index contributed by atoms with van der Waals surface area (Å²) < 4.78 is 42.6. The number of aryl methyl sites for hydroxylation is 14. The van der Waals surface area contributed by atoms with Crippen LogP contribution < -0.4 is 22.8 Å². The molecule has 0 unspecified atom stereocenters. The van der Waals surface area contributed by atoms with Gasteiger partial charge in [-0.05, 0) is 226 Å². The van der Waals surface area contributed by atoms with Gasteiger partial charge in [-0.2, -0.15) is 0 Å². The van der Waals surface area contributed by atoms with Gasteiger partial charge in [0.1, 0.15) is 35.2 Å². The third kappa shape index (κ3) is 18.0. The summed E-state index contributed by atoms with van der Waals surface area (Å²) in [5, 5.41) is 11.2. The number of pyridine rings is 10. The van der Waals surface area contributed by atoms with Crippen molar-refractivity contribution in [3.8, 4) is 56.3 Å². The van der Waals surface area contributed by atoms with E-state index in [4.69, 9.17) is 42.0 Å². The van der Waals surface area contributed by atoms with Crippen molar-refractivity contribution in [1.82, 2.24) is 24.9 Å². The average Bonchev–Trinajstić information content (AvgIpc) is 1.63. The second kappa shape index (κ2) is 38.5. The van der Waals surface area contributed by atoms with E-state index in [1.165, 1.54) is 164 Å². The molecule has 15 heteroatoms. The molecular formula is C120H131N10O5+5. The van der Waals surface area contributed by atoms with Gasteiger partial charge in [-0.25, -0.2) is 47.8 Å². The van der Waals surface area contributed by atoms with Crippen molar-refractivity contribution in [3.63, 3.8) is 0 Å². The van der Waals surface area contributed by atoms with Crippen molar-refractivity contribution >= 4 is 110 Å². The molecular weight excluding hydrogens is 1660 g/mol. The lowest BCUT2D eigenvalue weighted by molar-refractivity contribution is -0.660. The summed E-state index contributed by atoms with van der Waals surface area (Å²) in [5.74, 6) is 3.01. The molecule has 0 aliphatic heterocycles. The number of furan rings is 5. The van der Waals surface area contributed by atoms with Gasteiger partial charge in [0.15, 0.2) is 58.9 Å². The zero-order valence-corrected chi connectivity index (χ0v) is 83.2. The molecule has 5 aromatic carbocycles. The maximum atomic E-state index is 6.45. The minimum Gasteiger partial charge on any atom is -0.437 e. The summed E-state index contributed by atoms with van der Waals surface area (Å²) in [5.41, 5.74) is 38.4. The summed E-state index contributed by atoms with van der Waals surface area (Å²) >= 11 is 0. The van der Waals surface area contributed by atoms with E-state index in [0.717, 1.165) is 158 Å². The van der Waals surface area contributed by atoms with Gasteiger partial charge in [0.2, 0.25) is 57.0 Å². The van der Waals surface area contributed by atoms with Crippen LogP contribution in [0.5, 0.6) is 0 Å². The molecule has 15 aromatic heterocycles. The highest BCUT2D eigenvalue weighted by atomic mass is 16.4. The van der Waals surface area contributed by atoms with Crippen LogP contribution >= 0.6 is 0 Å². The summed E-state index contributed by atoms with van der Waals surface area (Å²) in [6.45, 7) is 36.9. The quantitative estimate of drug-likeness (QED) is 0.0963. The Balaban J connectivity index is 0.000000113. The van der Waals surface area contributed by atoms with Crippen molar-refractivity contribution in [2.24, 2.45) is 35.2 Å². The Morgan fingerprint density at radius 1 is 0.274 bits per heavy atom. The zero-order valence-electron chi connectivity index (χ0n) is 83.2. The predicted octanol–water partition coefficient (Wildman–Crippen LogP) is 29.1. The topological polar surface area (TPSA) is 150 Å². The predicted molar refractivity (Wildman–Crippen MR) is 551 cm³/mol. The van der Waals surface area contributed by atoms with Crippen LogP contribution in [-0.2, 0) is 54.5 Å². The third-order valence-electron chi connectivity index (χ3n) is 28.6. The van der Waals surface area contributed by atoms with E-state index in [9.17, 15) is 0 Å². The van der Waals surface area contributed by atoms with Gasteiger partial charge in [-0.1, -0.05) is 169 Å². The fourth-order valence-electron chi connectivity index (χ4n) is 20.2. The molecule has 0 N–H and O–H groups in total. The molecule has 22 rings (SSSR count). The Kier molecular flexibility index (Phi) is 26.3. The number of nitrogens with zero attached hydrogens (tertiary/aromatic N) is 10. The highest BCUT2D eigenvalue weighted by Crippen LogP contribution is 2.46. The highest BCUT2D eigenvalue weighted by molar-refractivity contribution is 6.13. The number of hydrogen-bond donors (Lipinski definition) is 0. The second-order valence-corrected chi connectivity index (χ2v) is 39.3. The number of aromatic nitrogens is 10. The number of benzene rings is 5. The van der Waals surface area contributed by atoms with Crippen LogP contribution in [0.15, 0.2) is 235 Å². The molecule has 2 fully saturated rings. The van der Waals surface area contributed by atoms with E-state index >= 15 is 0 Å². The van der Waals surface area contributed by atoms with Crippen LogP contribution in [0.25, 0.3) is 167 Å². The Morgan fingerprint density at radius 3 is 0.881 bits per heavy atom. The summed E-state index contributed by atoms with van der Waals surface area (Å²) in [4.78, 5) is 24.0. The summed E-state index contributed by atoms with van der Waals surface area (Å²) in [6, 6.07) is 65.6. The zero-order chi connectivity index (χ0) is 94.6. The van der Waals surface area contributed by atoms with E-state index in [0.29, 0.717) is 41.2 Å². The molecule has 0 radical (unpaired) electrons. The molecule has 0 spiro atoms. The van der Waals surface area contributed by atoms with Crippen molar-refractivity contribution in [2.45, 2.75) is 230 Å². The standard InChI is InChI=1S/C26H29N2O.C25H27N2O.C24H27N2O.C23H25N2O.C22H23N2O/c1-4-18-14-15-28(3)23(16-18)24-17(2)10-11-20-21-12-13-22(19-8-6-5-7-9-19)27-26(21)29-25(20)24;1-4-17-13-14-27(3)22(15-17)23-16(2)9-10-19-20-11-12-21(18-7-5-6-8-18)26-25(20)28-24(19)23;1-14(2)17-11-12-26(6)21(13-17)22-16(5)7-8-18-19-9-10-20(15(3)4)25-24(19)27-23(18)22;1-6-17-8-10-19-18-9-7-15(4)21(22(18)26-23(19)24-17)20-13-16(14(2)3)11-12-25(20)5;1-13(2)16-10-11-24(5)19(12-16)20-14(3)6-8-17-18-9-7-15(4)23-22(18)25-21(17)20/h10-16,19H,4-9H2,1-3H3;9-15,18H,4-8H2,1-3H3;7-15H,1-6H3;7-14H,6H2,1-5H3;6-13H,1-5H3/q5*+1. The lowest BCUT2D eigenvalue weighted by atomic mass is 9.86. The maximum Gasteiger partial charge on any atom is 0.227 e. The molecule has 686 valence electrons. The maximum absolute atomic E-state index is 6.45. The molecule has 2 aliphatic rings. The molecule has 15 heterocycles. The van der Waals surface area contributed by atoms with Gasteiger partial charge in [0.25, 0.3) is 0 Å². The lowest BCUT2D eigenvalue weighted by Gasteiger charge is -2.20. The Labute approximate surface area is 794 Å². The smallest absolute Gasteiger partial charge is 0.227 e. The lowest BCUT2D eigenvalue weighted by Crippen LogP contribution is -2.31. The molecule has 0 saturated heterocycles.